The van der Waals surface area contributed by atoms with E-state index in [1.165, 1.54) is 6.33 Å². The summed E-state index contributed by atoms with van der Waals surface area (Å²) < 4.78 is 16.3. The van der Waals surface area contributed by atoms with Crippen molar-refractivity contribution in [2.24, 2.45) is 0 Å². The zero-order valence-electron chi connectivity index (χ0n) is 16.5. The number of hydrogen-bond acceptors (Lipinski definition) is 7. The predicted molar refractivity (Wildman–Crippen MR) is 113 cm³/mol. The number of aromatic amines is 1. The number of anilines is 2. The average molecular weight is 404 g/mol. The molecule has 0 spiro atoms. The van der Waals surface area contributed by atoms with Gasteiger partial charge in [-0.15, -0.1) is 0 Å². The summed E-state index contributed by atoms with van der Waals surface area (Å²) in [4.78, 5) is 23.5. The van der Waals surface area contributed by atoms with Crippen LogP contribution in [-0.4, -0.2) is 41.6 Å². The Morgan fingerprint density at radius 1 is 1.03 bits per heavy atom. The van der Waals surface area contributed by atoms with Crippen molar-refractivity contribution in [1.29, 1.82) is 0 Å². The summed E-state index contributed by atoms with van der Waals surface area (Å²) in [6.45, 7) is -0.0362. The fourth-order valence-electron chi connectivity index (χ4n) is 2.98. The van der Waals surface area contributed by atoms with Crippen LogP contribution in [0.2, 0.25) is 0 Å². The molecule has 2 aromatic carbocycles. The topological polar surface area (TPSA) is 98.4 Å². The van der Waals surface area contributed by atoms with Crippen LogP contribution in [0.4, 0.5) is 11.5 Å². The molecule has 0 fully saturated rings. The molecule has 0 saturated carbocycles. The van der Waals surface area contributed by atoms with Crippen molar-refractivity contribution < 1.29 is 19.0 Å². The number of ether oxygens (including phenoxy) is 3. The van der Waals surface area contributed by atoms with Gasteiger partial charge in [-0.2, -0.15) is 0 Å². The highest BCUT2D eigenvalue weighted by Gasteiger charge is 2.11. The van der Waals surface area contributed by atoms with Crippen molar-refractivity contribution in [2.75, 3.05) is 26.1 Å². The smallest absolute Gasteiger partial charge is 0.216 e. The van der Waals surface area contributed by atoms with Crippen molar-refractivity contribution in [2.45, 2.75) is 0 Å². The van der Waals surface area contributed by atoms with Crippen LogP contribution in [0.1, 0.15) is 10.5 Å². The lowest BCUT2D eigenvalue weighted by molar-refractivity contribution is 0.0917. The molecule has 0 amide bonds. The minimum absolute atomic E-state index is 0.0362. The summed E-state index contributed by atoms with van der Waals surface area (Å²) in [5.41, 5.74) is 2.07. The van der Waals surface area contributed by atoms with Gasteiger partial charge in [-0.25, -0.2) is 9.97 Å². The average Bonchev–Trinajstić information content (AvgIpc) is 3.33. The Labute approximate surface area is 172 Å². The van der Waals surface area contributed by atoms with Crippen LogP contribution in [0, 0.1) is 0 Å². The molecule has 152 valence electrons. The maximum absolute atomic E-state index is 12.0. The molecule has 0 saturated heterocycles. The standard InChI is InChI=1S/C22H20N4O4/c1-28-20-10-16-18(11-21(20)29-2)24-13-25-22(16)26-14-5-7-15(8-6-14)30-12-19(27)17-4-3-9-23-17/h3-11,13,23H,12H2,1-2H3,(H,24,25,26). The molecule has 2 heterocycles. The van der Waals surface area contributed by atoms with Crippen molar-refractivity contribution in [3.63, 3.8) is 0 Å². The molecule has 4 aromatic rings. The van der Waals surface area contributed by atoms with Crippen LogP contribution in [0.5, 0.6) is 17.2 Å². The Morgan fingerprint density at radius 3 is 2.50 bits per heavy atom. The van der Waals surface area contributed by atoms with Gasteiger partial charge < -0.3 is 24.5 Å². The fourth-order valence-corrected chi connectivity index (χ4v) is 2.98. The van der Waals surface area contributed by atoms with Crippen LogP contribution in [-0.2, 0) is 0 Å². The first-order chi connectivity index (χ1) is 14.7. The molecule has 0 atom stereocenters. The first-order valence-corrected chi connectivity index (χ1v) is 9.21. The van der Waals surface area contributed by atoms with Crippen molar-refractivity contribution >= 4 is 28.2 Å². The van der Waals surface area contributed by atoms with E-state index in [1.807, 2.05) is 18.2 Å². The summed E-state index contributed by atoms with van der Waals surface area (Å²) in [6.07, 6.45) is 3.19. The van der Waals surface area contributed by atoms with Gasteiger partial charge in [0.25, 0.3) is 0 Å². The number of benzene rings is 2. The van der Waals surface area contributed by atoms with Crippen LogP contribution < -0.4 is 19.5 Å². The number of H-pyrrole nitrogens is 1. The number of rotatable bonds is 8. The molecule has 8 nitrogen and oxygen atoms in total. The van der Waals surface area contributed by atoms with Gasteiger partial charge in [0.15, 0.2) is 18.1 Å². The van der Waals surface area contributed by atoms with E-state index in [9.17, 15) is 4.79 Å². The van der Waals surface area contributed by atoms with Crippen molar-refractivity contribution in [1.82, 2.24) is 15.0 Å². The monoisotopic (exact) mass is 404 g/mol. The number of fused-ring (bicyclic) bond motifs is 1. The molecule has 30 heavy (non-hydrogen) atoms. The Balaban J connectivity index is 1.49. The van der Waals surface area contributed by atoms with Crippen LogP contribution >= 0.6 is 0 Å². The third kappa shape index (κ3) is 4.02. The first-order valence-electron chi connectivity index (χ1n) is 9.21. The van der Waals surface area contributed by atoms with E-state index in [-0.39, 0.29) is 12.4 Å². The Hall–Kier alpha value is -4.07. The number of ketones is 1. The summed E-state index contributed by atoms with van der Waals surface area (Å²) in [6, 6.07) is 14.4. The van der Waals surface area contributed by atoms with Gasteiger partial charge in [0.05, 0.1) is 25.4 Å². The summed E-state index contributed by atoms with van der Waals surface area (Å²) in [5, 5.41) is 4.07. The Morgan fingerprint density at radius 2 is 1.80 bits per heavy atom. The number of Topliss-reactive ketones (excluding diaryl/α,β-unsaturated/α-hetero) is 1. The van der Waals surface area contributed by atoms with E-state index in [0.29, 0.717) is 28.8 Å². The molecule has 0 aliphatic carbocycles. The summed E-state index contributed by atoms with van der Waals surface area (Å²) in [7, 11) is 3.17. The molecular weight excluding hydrogens is 384 g/mol. The lowest BCUT2D eigenvalue weighted by Gasteiger charge is -2.12. The number of carbonyl (C=O) groups excluding carboxylic acids is 1. The van der Waals surface area contributed by atoms with E-state index in [4.69, 9.17) is 14.2 Å². The highest BCUT2D eigenvalue weighted by atomic mass is 16.5. The van der Waals surface area contributed by atoms with Gasteiger partial charge in [0, 0.05) is 23.3 Å². The molecule has 2 N–H and O–H groups in total. The molecule has 4 rings (SSSR count). The number of nitrogens with zero attached hydrogens (tertiary/aromatic N) is 2. The van der Waals surface area contributed by atoms with Crippen molar-refractivity contribution in [3.8, 4) is 17.2 Å². The lowest BCUT2D eigenvalue weighted by Crippen LogP contribution is -2.11. The minimum Gasteiger partial charge on any atom is -0.493 e. The molecule has 0 radical (unpaired) electrons. The third-order valence-electron chi connectivity index (χ3n) is 4.53. The molecule has 0 aliphatic heterocycles. The minimum atomic E-state index is -0.112. The van der Waals surface area contributed by atoms with E-state index < -0.39 is 0 Å². The molecule has 2 aromatic heterocycles. The number of hydrogen-bond donors (Lipinski definition) is 2. The van der Waals surface area contributed by atoms with Crippen molar-refractivity contribution in [3.05, 3.63) is 66.7 Å². The lowest BCUT2D eigenvalue weighted by atomic mass is 10.2. The summed E-state index contributed by atoms with van der Waals surface area (Å²) in [5.74, 6) is 2.32. The molecular formula is C22H20N4O4. The largest absolute Gasteiger partial charge is 0.493 e. The SMILES string of the molecule is COc1cc2ncnc(Nc3ccc(OCC(=O)c4ccc[nH]4)cc3)c2cc1OC. The molecule has 8 heteroatoms. The molecule has 0 aliphatic rings. The second-order valence-electron chi connectivity index (χ2n) is 6.39. The van der Waals surface area contributed by atoms with Gasteiger partial charge in [-0.05, 0) is 42.5 Å². The number of aromatic nitrogens is 3. The van der Waals surface area contributed by atoms with E-state index >= 15 is 0 Å². The Kier molecular flexibility index (Phi) is 5.47. The summed E-state index contributed by atoms with van der Waals surface area (Å²) >= 11 is 0. The molecule has 0 bridgehead atoms. The number of nitrogens with one attached hydrogen (secondary N) is 2. The maximum Gasteiger partial charge on any atom is 0.216 e. The van der Waals surface area contributed by atoms with Gasteiger partial charge in [0.2, 0.25) is 5.78 Å². The van der Waals surface area contributed by atoms with E-state index in [1.54, 1.807) is 50.7 Å². The van der Waals surface area contributed by atoms with Crippen LogP contribution in [0.15, 0.2) is 61.1 Å². The van der Waals surface area contributed by atoms with E-state index in [2.05, 4.69) is 20.3 Å². The highest BCUT2D eigenvalue weighted by molar-refractivity contribution is 5.95. The third-order valence-corrected chi connectivity index (χ3v) is 4.53. The molecule has 0 unspecified atom stereocenters. The Bertz CT molecular complexity index is 1160. The number of carbonyl (C=O) groups is 1. The van der Waals surface area contributed by atoms with Gasteiger partial charge in [-0.3, -0.25) is 4.79 Å². The maximum atomic E-state index is 12.0. The zero-order valence-corrected chi connectivity index (χ0v) is 16.5. The van der Waals surface area contributed by atoms with E-state index in [0.717, 1.165) is 16.6 Å². The first kappa shape index (κ1) is 19.3. The normalized spacial score (nSPS) is 10.6. The second kappa shape index (κ2) is 8.52. The zero-order chi connectivity index (χ0) is 20.9. The quantitative estimate of drug-likeness (QED) is 0.429. The van der Waals surface area contributed by atoms with Crippen LogP contribution in [0.3, 0.4) is 0 Å². The second-order valence-corrected chi connectivity index (χ2v) is 6.39. The fraction of sp³-hybridized carbons (Fsp3) is 0.136. The van der Waals surface area contributed by atoms with Gasteiger partial charge in [-0.1, -0.05) is 0 Å². The highest BCUT2D eigenvalue weighted by Crippen LogP contribution is 2.34. The van der Waals surface area contributed by atoms with Gasteiger partial charge >= 0.3 is 0 Å². The number of methoxy groups -OCH3 is 2. The predicted octanol–water partition coefficient (Wildman–Crippen LogP) is 3.98. The van der Waals surface area contributed by atoms with Gasteiger partial charge in [0.1, 0.15) is 17.9 Å². The van der Waals surface area contributed by atoms with Crippen LogP contribution in [0.25, 0.3) is 10.9 Å².